The van der Waals surface area contributed by atoms with Crippen molar-refractivity contribution in [2.75, 3.05) is 0 Å². The molecule has 0 spiro atoms. The highest BCUT2D eigenvalue weighted by Crippen LogP contribution is 2.29. The molecule has 2 aromatic rings. The third-order valence-electron chi connectivity index (χ3n) is 2.78. The molecule has 94 valence electrons. The van der Waals surface area contributed by atoms with E-state index in [0.717, 1.165) is 17.2 Å². The van der Waals surface area contributed by atoms with Crippen molar-refractivity contribution >= 4 is 0 Å². The molecule has 0 saturated heterocycles. The lowest BCUT2D eigenvalue weighted by atomic mass is 10.0. The Morgan fingerprint density at radius 1 is 0.889 bits per heavy atom. The Morgan fingerprint density at radius 3 is 2.17 bits per heavy atom. The van der Waals surface area contributed by atoms with Crippen LogP contribution in [0.1, 0.15) is 22.3 Å². The Hall–Kier alpha value is -1.77. The minimum absolute atomic E-state index is 0.518. The maximum atomic E-state index is 12.6. The van der Waals surface area contributed by atoms with Gasteiger partial charge < -0.3 is 0 Å². The number of alkyl halides is 3. The summed E-state index contributed by atoms with van der Waals surface area (Å²) in [7, 11) is 0. The van der Waals surface area contributed by atoms with Gasteiger partial charge in [-0.2, -0.15) is 13.2 Å². The molecule has 18 heavy (non-hydrogen) atoms. The summed E-state index contributed by atoms with van der Waals surface area (Å²) in [4.78, 5) is 0. The fourth-order valence-electron chi connectivity index (χ4n) is 1.80. The minimum Gasteiger partial charge on any atom is -0.166 e. The lowest BCUT2D eigenvalue weighted by Crippen LogP contribution is -2.05. The van der Waals surface area contributed by atoms with Gasteiger partial charge in [0.1, 0.15) is 0 Å². The van der Waals surface area contributed by atoms with Gasteiger partial charge in [0.2, 0.25) is 0 Å². The van der Waals surface area contributed by atoms with Crippen LogP contribution in [0.3, 0.4) is 0 Å². The average Bonchev–Trinajstić information content (AvgIpc) is 2.31. The zero-order chi connectivity index (χ0) is 13.2. The van der Waals surface area contributed by atoms with Crippen molar-refractivity contribution in [2.24, 2.45) is 0 Å². The Kier molecular flexibility index (Phi) is 3.41. The topological polar surface area (TPSA) is 0 Å². The Morgan fingerprint density at radius 2 is 1.56 bits per heavy atom. The molecule has 2 rings (SSSR count). The number of hydrogen-bond acceptors (Lipinski definition) is 0. The van der Waals surface area contributed by atoms with E-state index >= 15 is 0 Å². The zero-order valence-corrected chi connectivity index (χ0v) is 9.96. The maximum Gasteiger partial charge on any atom is 0.416 e. The highest BCUT2D eigenvalue weighted by molar-refractivity contribution is 5.31. The van der Waals surface area contributed by atoms with Gasteiger partial charge in [0, 0.05) is 0 Å². The molecule has 0 N–H and O–H groups in total. The third-order valence-corrected chi connectivity index (χ3v) is 2.78. The average molecular weight is 250 g/mol. The smallest absolute Gasteiger partial charge is 0.166 e. The molecule has 0 unspecified atom stereocenters. The fraction of sp³-hybridized carbons (Fsp3) is 0.200. The number of hydrogen-bond donors (Lipinski definition) is 0. The number of aryl methyl sites for hydroxylation is 1. The van der Waals surface area contributed by atoms with Crippen LogP contribution >= 0.6 is 0 Å². The number of benzene rings is 2. The van der Waals surface area contributed by atoms with Crippen LogP contribution in [-0.2, 0) is 12.6 Å². The van der Waals surface area contributed by atoms with E-state index in [9.17, 15) is 13.2 Å². The van der Waals surface area contributed by atoms with Gasteiger partial charge in [0.05, 0.1) is 5.56 Å². The van der Waals surface area contributed by atoms with Gasteiger partial charge in [-0.3, -0.25) is 0 Å². The highest BCUT2D eigenvalue weighted by Gasteiger charge is 2.30. The molecule has 0 aliphatic rings. The Balaban J connectivity index is 2.22. The van der Waals surface area contributed by atoms with Crippen LogP contribution in [0.2, 0.25) is 0 Å². The van der Waals surface area contributed by atoms with Crippen LogP contribution in [0.15, 0.2) is 48.5 Å². The van der Waals surface area contributed by atoms with Crippen LogP contribution in [0.4, 0.5) is 13.2 Å². The quantitative estimate of drug-likeness (QED) is 0.730. The highest BCUT2D eigenvalue weighted by atomic mass is 19.4. The SMILES string of the molecule is Cc1ccc(Cc2cccc(C(F)(F)F)c2)cc1. The first-order chi connectivity index (χ1) is 8.45. The van der Waals surface area contributed by atoms with Crippen molar-refractivity contribution in [1.82, 2.24) is 0 Å². The molecular formula is C15H13F3. The van der Waals surface area contributed by atoms with Crippen molar-refractivity contribution in [3.05, 3.63) is 70.8 Å². The minimum atomic E-state index is -4.27. The van der Waals surface area contributed by atoms with Crippen molar-refractivity contribution in [2.45, 2.75) is 19.5 Å². The number of halogens is 3. The third kappa shape index (κ3) is 3.13. The van der Waals surface area contributed by atoms with E-state index in [1.165, 1.54) is 12.1 Å². The molecule has 0 atom stereocenters. The van der Waals surface area contributed by atoms with Crippen LogP contribution in [0.25, 0.3) is 0 Å². The van der Waals surface area contributed by atoms with E-state index in [0.29, 0.717) is 12.0 Å². The van der Waals surface area contributed by atoms with Crippen LogP contribution in [0, 0.1) is 6.92 Å². The lowest BCUT2D eigenvalue weighted by molar-refractivity contribution is -0.137. The fourth-order valence-corrected chi connectivity index (χ4v) is 1.80. The van der Waals surface area contributed by atoms with Gasteiger partial charge in [0.25, 0.3) is 0 Å². The molecule has 0 fully saturated rings. The molecule has 0 nitrogen and oxygen atoms in total. The molecule has 3 heteroatoms. The number of rotatable bonds is 2. The lowest BCUT2D eigenvalue weighted by Gasteiger charge is -2.09. The van der Waals surface area contributed by atoms with Gasteiger partial charge in [0.15, 0.2) is 0 Å². The van der Waals surface area contributed by atoms with E-state index in [4.69, 9.17) is 0 Å². The summed E-state index contributed by atoms with van der Waals surface area (Å²) in [6, 6.07) is 13.3. The molecule has 0 amide bonds. The summed E-state index contributed by atoms with van der Waals surface area (Å²) in [6.07, 6.45) is -3.76. The van der Waals surface area contributed by atoms with E-state index in [2.05, 4.69) is 0 Å². The summed E-state index contributed by atoms with van der Waals surface area (Å²) in [6.45, 7) is 1.98. The second-order valence-electron chi connectivity index (χ2n) is 4.36. The van der Waals surface area contributed by atoms with Crippen molar-refractivity contribution in [3.8, 4) is 0 Å². The van der Waals surface area contributed by atoms with Gasteiger partial charge in [-0.05, 0) is 30.5 Å². The van der Waals surface area contributed by atoms with Gasteiger partial charge in [-0.15, -0.1) is 0 Å². The van der Waals surface area contributed by atoms with Gasteiger partial charge >= 0.3 is 6.18 Å². The van der Waals surface area contributed by atoms with Crippen molar-refractivity contribution in [3.63, 3.8) is 0 Å². The zero-order valence-electron chi connectivity index (χ0n) is 9.96. The summed E-state index contributed by atoms with van der Waals surface area (Å²) in [5.41, 5.74) is 2.24. The summed E-state index contributed by atoms with van der Waals surface area (Å²) in [5, 5.41) is 0. The van der Waals surface area contributed by atoms with Crippen molar-refractivity contribution in [1.29, 1.82) is 0 Å². The first kappa shape index (κ1) is 12.7. The van der Waals surface area contributed by atoms with Gasteiger partial charge in [-0.1, -0.05) is 48.0 Å². The van der Waals surface area contributed by atoms with Gasteiger partial charge in [-0.25, -0.2) is 0 Å². The standard InChI is InChI=1S/C15H13F3/c1-11-5-7-12(8-6-11)9-13-3-2-4-14(10-13)15(16,17)18/h2-8,10H,9H2,1H3. The molecule has 0 heterocycles. The molecule has 0 bridgehead atoms. The Bertz CT molecular complexity index is 524. The van der Waals surface area contributed by atoms with E-state index in [1.807, 2.05) is 31.2 Å². The molecular weight excluding hydrogens is 237 g/mol. The van der Waals surface area contributed by atoms with E-state index in [1.54, 1.807) is 6.07 Å². The molecule has 0 aliphatic carbocycles. The first-order valence-electron chi connectivity index (χ1n) is 5.67. The van der Waals surface area contributed by atoms with E-state index in [-0.39, 0.29) is 0 Å². The predicted molar refractivity (Wildman–Crippen MR) is 65.4 cm³/mol. The van der Waals surface area contributed by atoms with Crippen LogP contribution in [-0.4, -0.2) is 0 Å². The van der Waals surface area contributed by atoms with Crippen LogP contribution in [0.5, 0.6) is 0 Å². The molecule has 0 aliphatic heterocycles. The maximum absolute atomic E-state index is 12.6. The van der Waals surface area contributed by atoms with Crippen molar-refractivity contribution < 1.29 is 13.2 Å². The molecule has 0 aromatic heterocycles. The monoisotopic (exact) mass is 250 g/mol. The molecule has 0 radical (unpaired) electrons. The van der Waals surface area contributed by atoms with E-state index < -0.39 is 11.7 Å². The summed E-state index contributed by atoms with van der Waals surface area (Å²) >= 11 is 0. The normalized spacial score (nSPS) is 11.6. The summed E-state index contributed by atoms with van der Waals surface area (Å²) < 4.78 is 37.7. The first-order valence-corrected chi connectivity index (χ1v) is 5.67. The second kappa shape index (κ2) is 4.84. The summed E-state index contributed by atoms with van der Waals surface area (Å²) in [5.74, 6) is 0. The Labute approximate surface area is 104 Å². The second-order valence-corrected chi connectivity index (χ2v) is 4.36. The largest absolute Gasteiger partial charge is 0.416 e. The van der Waals surface area contributed by atoms with Crippen LogP contribution < -0.4 is 0 Å². The predicted octanol–water partition coefficient (Wildman–Crippen LogP) is 4.60. The molecule has 2 aromatic carbocycles. The molecule has 0 saturated carbocycles.